The van der Waals surface area contributed by atoms with Gasteiger partial charge in [-0.05, 0) is 13.0 Å². The lowest BCUT2D eigenvalue weighted by atomic mass is 10.0. The van der Waals surface area contributed by atoms with E-state index in [-0.39, 0.29) is 0 Å². The number of carbonyl (C=O) groups is 1. The average Bonchev–Trinajstić information content (AvgIpc) is 2.00. The molecule has 1 atom stereocenters. The van der Waals surface area contributed by atoms with Gasteiger partial charge in [0.15, 0.2) is 0 Å². The van der Waals surface area contributed by atoms with Crippen LogP contribution in [0.25, 0.3) is 0 Å². The molecule has 0 rings (SSSR count). The standard InChI is InChI=1S/C9H19NO/c1-4-8(2)7-9(11)5-6-10-3/h8,10H,4-7H2,1-3H3. The van der Waals surface area contributed by atoms with Crippen molar-refractivity contribution in [2.75, 3.05) is 13.6 Å². The predicted molar refractivity (Wildman–Crippen MR) is 47.6 cm³/mol. The zero-order chi connectivity index (χ0) is 8.69. The molecule has 0 saturated heterocycles. The molecule has 0 amide bonds. The Bertz CT molecular complexity index is 112. The second-order valence-electron chi connectivity index (χ2n) is 3.11. The van der Waals surface area contributed by atoms with Gasteiger partial charge in [0.2, 0.25) is 0 Å². The number of rotatable bonds is 6. The van der Waals surface area contributed by atoms with Crippen LogP contribution in [0.1, 0.15) is 33.1 Å². The zero-order valence-corrected chi connectivity index (χ0v) is 7.81. The highest BCUT2D eigenvalue weighted by Crippen LogP contribution is 2.07. The third-order valence-corrected chi connectivity index (χ3v) is 1.93. The second kappa shape index (κ2) is 6.35. The molecule has 0 spiro atoms. The van der Waals surface area contributed by atoms with E-state index in [2.05, 4.69) is 19.2 Å². The molecule has 2 nitrogen and oxygen atoms in total. The molecule has 0 aromatic heterocycles. The van der Waals surface area contributed by atoms with E-state index in [1.165, 1.54) is 0 Å². The smallest absolute Gasteiger partial charge is 0.134 e. The van der Waals surface area contributed by atoms with E-state index in [1.807, 2.05) is 7.05 Å². The van der Waals surface area contributed by atoms with Crippen molar-refractivity contribution < 1.29 is 4.79 Å². The molecule has 0 aliphatic carbocycles. The summed E-state index contributed by atoms with van der Waals surface area (Å²) in [6, 6.07) is 0. The van der Waals surface area contributed by atoms with Crippen molar-refractivity contribution in [1.29, 1.82) is 0 Å². The van der Waals surface area contributed by atoms with E-state index in [0.717, 1.165) is 19.4 Å². The molecule has 0 radical (unpaired) electrons. The van der Waals surface area contributed by atoms with Crippen LogP contribution in [0.5, 0.6) is 0 Å². The first kappa shape index (κ1) is 10.6. The summed E-state index contributed by atoms with van der Waals surface area (Å²) in [5.41, 5.74) is 0. The number of carbonyl (C=O) groups excluding carboxylic acids is 1. The van der Waals surface area contributed by atoms with Crippen LogP contribution >= 0.6 is 0 Å². The molecule has 0 bridgehead atoms. The van der Waals surface area contributed by atoms with E-state index >= 15 is 0 Å². The Morgan fingerprint density at radius 2 is 2.18 bits per heavy atom. The fourth-order valence-electron chi connectivity index (χ4n) is 0.899. The Hall–Kier alpha value is -0.370. The second-order valence-corrected chi connectivity index (χ2v) is 3.11. The summed E-state index contributed by atoms with van der Waals surface area (Å²) < 4.78 is 0. The maximum Gasteiger partial charge on any atom is 0.134 e. The normalized spacial score (nSPS) is 13.0. The lowest BCUT2D eigenvalue weighted by Crippen LogP contribution is -2.14. The maximum absolute atomic E-state index is 11.1. The Labute approximate surface area is 69.4 Å². The molecular weight excluding hydrogens is 138 g/mol. The molecule has 1 unspecified atom stereocenters. The van der Waals surface area contributed by atoms with E-state index in [1.54, 1.807) is 0 Å². The van der Waals surface area contributed by atoms with Crippen molar-refractivity contribution >= 4 is 5.78 Å². The minimum Gasteiger partial charge on any atom is -0.319 e. The highest BCUT2D eigenvalue weighted by Gasteiger charge is 2.05. The van der Waals surface area contributed by atoms with Crippen molar-refractivity contribution in [2.45, 2.75) is 33.1 Å². The summed E-state index contributed by atoms with van der Waals surface area (Å²) in [7, 11) is 1.87. The van der Waals surface area contributed by atoms with Crippen LogP contribution in [0, 0.1) is 5.92 Å². The van der Waals surface area contributed by atoms with E-state index < -0.39 is 0 Å². The van der Waals surface area contributed by atoms with Crippen molar-refractivity contribution in [2.24, 2.45) is 5.92 Å². The number of nitrogens with one attached hydrogen (secondary N) is 1. The van der Waals surface area contributed by atoms with Crippen molar-refractivity contribution in [3.8, 4) is 0 Å². The van der Waals surface area contributed by atoms with Gasteiger partial charge in [0, 0.05) is 19.4 Å². The van der Waals surface area contributed by atoms with Crippen LogP contribution in [-0.4, -0.2) is 19.4 Å². The van der Waals surface area contributed by atoms with E-state index in [4.69, 9.17) is 0 Å². The summed E-state index contributed by atoms with van der Waals surface area (Å²) in [5, 5.41) is 2.97. The third-order valence-electron chi connectivity index (χ3n) is 1.93. The van der Waals surface area contributed by atoms with Gasteiger partial charge in [-0.1, -0.05) is 20.3 Å². The quantitative estimate of drug-likeness (QED) is 0.634. The van der Waals surface area contributed by atoms with E-state index in [9.17, 15) is 4.79 Å². The van der Waals surface area contributed by atoms with Gasteiger partial charge in [0.1, 0.15) is 5.78 Å². The van der Waals surface area contributed by atoms with Crippen LogP contribution in [-0.2, 0) is 4.79 Å². The average molecular weight is 157 g/mol. The molecule has 0 aromatic carbocycles. The Morgan fingerprint density at radius 3 is 2.64 bits per heavy atom. The number of hydrogen-bond donors (Lipinski definition) is 1. The number of hydrogen-bond acceptors (Lipinski definition) is 2. The minimum absolute atomic E-state index is 0.383. The predicted octanol–water partition coefficient (Wildman–Crippen LogP) is 1.60. The monoisotopic (exact) mass is 157 g/mol. The summed E-state index contributed by atoms with van der Waals surface area (Å²) in [5.74, 6) is 0.938. The van der Waals surface area contributed by atoms with Crippen molar-refractivity contribution in [3.05, 3.63) is 0 Å². The Balaban J connectivity index is 3.36. The molecule has 0 aliphatic rings. The molecule has 2 heteroatoms. The molecule has 0 aromatic rings. The first-order valence-corrected chi connectivity index (χ1v) is 4.37. The summed E-state index contributed by atoms with van der Waals surface area (Å²) >= 11 is 0. The molecule has 1 N–H and O–H groups in total. The van der Waals surface area contributed by atoms with Crippen LogP contribution in [0.2, 0.25) is 0 Å². The topological polar surface area (TPSA) is 29.1 Å². The van der Waals surface area contributed by atoms with Gasteiger partial charge in [-0.3, -0.25) is 4.79 Å². The van der Waals surface area contributed by atoms with Gasteiger partial charge < -0.3 is 5.32 Å². The van der Waals surface area contributed by atoms with Gasteiger partial charge in [0.25, 0.3) is 0 Å². The molecule has 11 heavy (non-hydrogen) atoms. The van der Waals surface area contributed by atoms with Crippen molar-refractivity contribution in [3.63, 3.8) is 0 Å². The molecule has 0 saturated carbocycles. The van der Waals surface area contributed by atoms with Gasteiger partial charge in [-0.25, -0.2) is 0 Å². The Morgan fingerprint density at radius 1 is 1.55 bits per heavy atom. The lowest BCUT2D eigenvalue weighted by Gasteiger charge is -2.06. The molecule has 0 heterocycles. The van der Waals surface area contributed by atoms with Crippen LogP contribution in [0.4, 0.5) is 0 Å². The van der Waals surface area contributed by atoms with Gasteiger partial charge in [-0.2, -0.15) is 0 Å². The van der Waals surface area contributed by atoms with E-state index in [0.29, 0.717) is 18.1 Å². The highest BCUT2D eigenvalue weighted by molar-refractivity contribution is 5.78. The number of ketones is 1. The van der Waals surface area contributed by atoms with Gasteiger partial charge in [0.05, 0.1) is 0 Å². The molecule has 0 aliphatic heterocycles. The van der Waals surface area contributed by atoms with Crippen LogP contribution in [0.15, 0.2) is 0 Å². The Kier molecular flexibility index (Phi) is 6.13. The van der Waals surface area contributed by atoms with Crippen LogP contribution < -0.4 is 5.32 Å². The highest BCUT2D eigenvalue weighted by atomic mass is 16.1. The summed E-state index contributed by atoms with van der Waals surface area (Å²) in [6.45, 7) is 5.06. The SMILES string of the molecule is CCC(C)CC(=O)CCNC. The van der Waals surface area contributed by atoms with Crippen LogP contribution in [0.3, 0.4) is 0 Å². The molecular formula is C9H19NO. The fourth-order valence-corrected chi connectivity index (χ4v) is 0.899. The molecule has 66 valence electrons. The minimum atomic E-state index is 0.383. The fraction of sp³-hybridized carbons (Fsp3) is 0.889. The summed E-state index contributed by atoms with van der Waals surface area (Å²) in [4.78, 5) is 11.1. The summed E-state index contributed by atoms with van der Waals surface area (Å²) in [6.07, 6.45) is 2.53. The largest absolute Gasteiger partial charge is 0.319 e. The molecule has 0 fully saturated rings. The van der Waals surface area contributed by atoms with Crippen molar-refractivity contribution in [1.82, 2.24) is 5.32 Å². The lowest BCUT2D eigenvalue weighted by molar-refractivity contribution is -0.119. The zero-order valence-electron chi connectivity index (χ0n) is 7.81. The maximum atomic E-state index is 11.1. The van der Waals surface area contributed by atoms with Gasteiger partial charge >= 0.3 is 0 Å². The third kappa shape index (κ3) is 6.05. The first-order valence-electron chi connectivity index (χ1n) is 4.37. The van der Waals surface area contributed by atoms with Gasteiger partial charge in [-0.15, -0.1) is 0 Å². The first-order chi connectivity index (χ1) is 5.20. The number of Topliss-reactive ketones (excluding diaryl/α,β-unsaturated/α-hetero) is 1.